The Morgan fingerprint density at radius 3 is 2.91 bits per heavy atom. The van der Waals surface area contributed by atoms with Gasteiger partial charge in [0.1, 0.15) is 6.61 Å². The van der Waals surface area contributed by atoms with Gasteiger partial charge in [-0.2, -0.15) is 0 Å². The van der Waals surface area contributed by atoms with Crippen LogP contribution < -0.4 is 0 Å². The van der Waals surface area contributed by atoms with Crippen LogP contribution in [0.1, 0.15) is 49.9 Å². The zero-order valence-electron chi connectivity index (χ0n) is 13.7. The molecule has 122 valence electrons. The van der Waals surface area contributed by atoms with E-state index in [1.165, 1.54) is 35.0 Å². The lowest BCUT2D eigenvalue weighted by molar-refractivity contribution is -0.140. The molecule has 2 heterocycles. The second kappa shape index (κ2) is 6.00. The summed E-state index contributed by atoms with van der Waals surface area (Å²) in [6.45, 7) is 3.12. The number of nitrogens with zero attached hydrogens (tertiary/aromatic N) is 1. The van der Waals surface area contributed by atoms with Crippen LogP contribution in [0.25, 0.3) is 10.9 Å². The summed E-state index contributed by atoms with van der Waals surface area (Å²) >= 11 is 0. The first-order valence-electron chi connectivity index (χ1n) is 8.74. The van der Waals surface area contributed by atoms with E-state index in [1.54, 1.807) is 0 Å². The van der Waals surface area contributed by atoms with E-state index in [4.69, 9.17) is 4.74 Å². The van der Waals surface area contributed by atoms with Crippen molar-refractivity contribution < 1.29 is 9.53 Å². The molecule has 0 saturated heterocycles. The molecule has 0 unspecified atom stereocenters. The van der Waals surface area contributed by atoms with Gasteiger partial charge in [0.25, 0.3) is 0 Å². The third kappa shape index (κ3) is 2.65. The average Bonchev–Trinajstić information content (AvgIpc) is 3.21. The molecule has 23 heavy (non-hydrogen) atoms. The second-order valence-electron chi connectivity index (χ2n) is 6.79. The van der Waals surface area contributed by atoms with Crippen molar-refractivity contribution >= 4 is 16.8 Å². The van der Waals surface area contributed by atoms with E-state index in [-0.39, 0.29) is 18.6 Å². The van der Waals surface area contributed by atoms with Crippen LogP contribution in [0.3, 0.4) is 0 Å². The lowest BCUT2D eigenvalue weighted by Gasteiger charge is -2.33. The Balaban J connectivity index is 1.50. The lowest BCUT2D eigenvalue weighted by atomic mass is 9.98. The first-order chi connectivity index (χ1) is 11.2. The fraction of sp³-hybridized carbons (Fsp3) is 0.526. The number of rotatable bonds is 3. The number of aromatic amines is 1. The molecule has 4 rings (SSSR count). The molecular weight excluding hydrogens is 288 g/mol. The zero-order chi connectivity index (χ0) is 15.8. The van der Waals surface area contributed by atoms with Crippen molar-refractivity contribution in [2.45, 2.75) is 51.2 Å². The highest BCUT2D eigenvalue weighted by Gasteiger charge is 2.30. The number of hydrogen-bond donors (Lipinski definition) is 1. The zero-order valence-corrected chi connectivity index (χ0v) is 13.7. The highest BCUT2D eigenvalue weighted by molar-refractivity contribution is 5.86. The van der Waals surface area contributed by atoms with Crippen molar-refractivity contribution in [1.82, 2.24) is 9.88 Å². The van der Waals surface area contributed by atoms with Crippen molar-refractivity contribution in [2.75, 3.05) is 13.2 Å². The highest BCUT2D eigenvalue weighted by atomic mass is 16.5. The van der Waals surface area contributed by atoms with E-state index in [2.05, 4.69) is 30.1 Å². The van der Waals surface area contributed by atoms with Crippen molar-refractivity contribution in [2.24, 2.45) is 0 Å². The number of fused-ring (bicyclic) bond motifs is 3. The first-order valence-corrected chi connectivity index (χ1v) is 8.74. The number of H-pyrrole nitrogens is 1. The summed E-state index contributed by atoms with van der Waals surface area (Å²) in [7, 11) is 0. The molecule has 1 atom stereocenters. The maximum Gasteiger partial charge on any atom is 0.249 e. The van der Waals surface area contributed by atoms with Crippen LogP contribution in [-0.2, 0) is 16.0 Å². The quantitative estimate of drug-likeness (QED) is 0.941. The minimum atomic E-state index is 0.0887. The third-order valence-electron chi connectivity index (χ3n) is 5.40. The molecule has 1 aromatic carbocycles. The molecule has 1 fully saturated rings. The predicted octanol–water partition coefficient (Wildman–Crippen LogP) is 3.57. The summed E-state index contributed by atoms with van der Waals surface area (Å²) in [5, 5.41) is 1.30. The Hall–Kier alpha value is -1.81. The number of hydrogen-bond acceptors (Lipinski definition) is 2. The first kappa shape index (κ1) is 14.8. The number of carbonyl (C=O) groups is 1. The fourth-order valence-corrected chi connectivity index (χ4v) is 4.10. The van der Waals surface area contributed by atoms with E-state index in [0.717, 1.165) is 25.8 Å². The van der Waals surface area contributed by atoms with E-state index >= 15 is 0 Å². The van der Waals surface area contributed by atoms with E-state index in [0.29, 0.717) is 6.10 Å². The van der Waals surface area contributed by atoms with Gasteiger partial charge < -0.3 is 14.6 Å². The summed E-state index contributed by atoms with van der Waals surface area (Å²) in [5.41, 5.74) is 3.72. The summed E-state index contributed by atoms with van der Waals surface area (Å²) < 4.78 is 5.81. The molecule has 1 aliphatic heterocycles. The molecule has 1 aromatic heterocycles. The van der Waals surface area contributed by atoms with Crippen LogP contribution in [0, 0.1) is 0 Å². The summed E-state index contributed by atoms with van der Waals surface area (Å²) in [6, 6.07) is 8.49. The Morgan fingerprint density at radius 2 is 2.09 bits per heavy atom. The number of carbonyl (C=O) groups excluding carboxylic acids is 1. The van der Waals surface area contributed by atoms with Crippen molar-refractivity contribution in [3.63, 3.8) is 0 Å². The summed E-state index contributed by atoms with van der Waals surface area (Å²) in [4.78, 5) is 18.1. The predicted molar refractivity (Wildman–Crippen MR) is 90.3 cm³/mol. The summed E-state index contributed by atoms with van der Waals surface area (Å²) in [6.07, 6.45) is 5.89. The van der Waals surface area contributed by atoms with Gasteiger partial charge >= 0.3 is 0 Å². The minimum Gasteiger partial charge on any atom is -0.368 e. The highest BCUT2D eigenvalue weighted by Crippen LogP contribution is 2.34. The molecule has 1 saturated carbocycles. The van der Waals surface area contributed by atoms with Crippen LogP contribution in [0.2, 0.25) is 0 Å². The Morgan fingerprint density at radius 1 is 1.30 bits per heavy atom. The number of aromatic nitrogens is 1. The smallest absolute Gasteiger partial charge is 0.249 e. The second-order valence-corrected chi connectivity index (χ2v) is 6.79. The van der Waals surface area contributed by atoms with E-state index < -0.39 is 0 Å². The molecule has 2 aromatic rings. The van der Waals surface area contributed by atoms with Crippen LogP contribution in [0.15, 0.2) is 24.3 Å². The molecule has 2 aliphatic rings. The number of amides is 1. The molecule has 1 amide bonds. The van der Waals surface area contributed by atoms with Crippen LogP contribution in [-0.4, -0.2) is 35.0 Å². The molecular formula is C19H24N2O2. The molecule has 1 N–H and O–H groups in total. The van der Waals surface area contributed by atoms with Gasteiger partial charge in [-0.15, -0.1) is 0 Å². The maximum atomic E-state index is 12.6. The van der Waals surface area contributed by atoms with Gasteiger partial charge in [-0.1, -0.05) is 31.0 Å². The molecule has 4 heteroatoms. The van der Waals surface area contributed by atoms with E-state index in [1.807, 2.05) is 11.0 Å². The standard InChI is InChI=1S/C19H24N2O2/c1-13-19-16(15-8-4-5-9-17(15)20-19)10-11-21(13)18(22)12-23-14-6-2-3-7-14/h4-5,8-9,13-14,20H,2-3,6-7,10-12H2,1H3/t13-/m0/s1. The van der Waals surface area contributed by atoms with Gasteiger partial charge in [-0.25, -0.2) is 0 Å². The Labute approximate surface area is 136 Å². The Bertz CT molecular complexity index is 715. The van der Waals surface area contributed by atoms with E-state index in [9.17, 15) is 4.79 Å². The monoisotopic (exact) mass is 312 g/mol. The molecule has 4 nitrogen and oxygen atoms in total. The van der Waals surface area contributed by atoms with Crippen LogP contribution >= 0.6 is 0 Å². The largest absolute Gasteiger partial charge is 0.368 e. The number of nitrogens with one attached hydrogen (secondary N) is 1. The molecule has 1 aliphatic carbocycles. The van der Waals surface area contributed by atoms with Crippen molar-refractivity contribution in [1.29, 1.82) is 0 Å². The van der Waals surface area contributed by atoms with Gasteiger partial charge in [-0.3, -0.25) is 4.79 Å². The normalized spacial score (nSPS) is 21.8. The van der Waals surface area contributed by atoms with Gasteiger partial charge in [-0.05, 0) is 37.8 Å². The molecule has 0 bridgehead atoms. The van der Waals surface area contributed by atoms with Crippen molar-refractivity contribution in [3.8, 4) is 0 Å². The summed E-state index contributed by atoms with van der Waals surface area (Å²) in [5.74, 6) is 0.119. The molecule has 0 spiro atoms. The van der Waals surface area contributed by atoms with Crippen LogP contribution in [0.4, 0.5) is 0 Å². The minimum absolute atomic E-state index is 0.0887. The van der Waals surface area contributed by atoms with Crippen LogP contribution in [0.5, 0.6) is 0 Å². The number of benzene rings is 1. The Kier molecular flexibility index (Phi) is 3.85. The topological polar surface area (TPSA) is 45.3 Å². The van der Waals surface area contributed by atoms with Gasteiger partial charge in [0.2, 0.25) is 5.91 Å². The van der Waals surface area contributed by atoms with Gasteiger partial charge in [0.05, 0.1) is 12.1 Å². The maximum absolute atomic E-state index is 12.6. The van der Waals surface area contributed by atoms with Gasteiger partial charge in [0, 0.05) is 23.1 Å². The average molecular weight is 312 g/mol. The number of para-hydroxylation sites is 1. The fourth-order valence-electron chi connectivity index (χ4n) is 4.10. The lowest BCUT2D eigenvalue weighted by Crippen LogP contribution is -2.41. The SMILES string of the molecule is C[C@H]1c2[nH]c3ccccc3c2CCN1C(=O)COC1CCCC1. The van der Waals surface area contributed by atoms with Crippen molar-refractivity contribution in [3.05, 3.63) is 35.5 Å². The number of ether oxygens (including phenoxy) is 1. The van der Waals surface area contributed by atoms with Gasteiger partial charge in [0.15, 0.2) is 0 Å². The third-order valence-corrected chi connectivity index (χ3v) is 5.40. The molecule has 0 radical (unpaired) electrons.